The average Bonchev–Trinajstić information content (AvgIpc) is 3.25. The van der Waals surface area contributed by atoms with Gasteiger partial charge >= 0.3 is 0 Å². The van der Waals surface area contributed by atoms with Gasteiger partial charge in [-0.3, -0.25) is 9.59 Å². The molecule has 0 spiro atoms. The molecule has 0 aliphatic heterocycles. The van der Waals surface area contributed by atoms with Gasteiger partial charge in [0, 0.05) is 12.2 Å². The van der Waals surface area contributed by atoms with Crippen molar-refractivity contribution in [3.63, 3.8) is 0 Å². The molecule has 1 heterocycles. The summed E-state index contributed by atoms with van der Waals surface area (Å²) in [4.78, 5) is 26.4. The first-order chi connectivity index (χ1) is 11.5. The molecule has 0 saturated heterocycles. The fourth-order valence-electron chi connectivity index (χ4n) is 2.62. The van der Waals surface area contributed by atoms with Crippen molar-refractivity contribution in [3.8, 4) is 0 Å². The second-order valence-electron chi connectivity index (χ2n) is 6.32. The molecule has 1 aromatic heterocycles. The van der Waals surface area contributed by atoms with E-state index in [1.165, 1.54) is 0 Å². The Labute approximate surface area is 141 Å². The molecule has 24 heavy (non-hydrogen) atoms. The van der Waals surface area contributed by atoms with E-state index in [0.29, 0.717) is 23.1 Å². The zero-order chi connectivity index (χ0) is 17.1. The van der Waals surface area contributed by atoms with Gasteiger partial charge in [0.05, 0.1) is 17.9 Å². The minimum atomic E-state index is -0.166. The molecule has 1 aliphatic rings. The monoisotopic (exact) mass is 326 g/mol. The Morgan fingerprint density at radius 2 is 1.75 bits per heavy atom. The van der Waals surface area contributed by atoms with E-state index in [1.54, 1.807) is 17.0 Å². The number of carbonyl (C=O) groups excluding carboxylic acids is 2. The van der Waals surface area contributed by atoms with Crippen molar-refractivity contribution < 1.29 is 9.59 Å². The highest BCUT2D eigenvalue weighted by molar-refractivity contribution is 6.06. The second-order valence-corrected chi connectivity index (χ2v) is 6.32. The van der Waals surface area contributed by atoms with Gasteiger partial charge in [0.15, 0.2) is 0 Å². The summed E-state index contributed by atoms with van der Waals surface area (Å²) in [5.74, 6) is -0.288. The molecule has 0 unspecified atom stereocenters. The van der Waals surface area contributed by atoms with Gasteiger partial charge in [0.2, 0.25) is 5.91 Å². The smallest absolute Gasteiger partial charge is 0.272 e. The molecule has 126 valence electrons. The van der Waals surface area contributed by atoms with Gasteiger partial charge in [-0.1, -0.05) is 12.1 Å². The summed E-state index contributed by atoms with van der Waals surface area (Å²) in [7, 11) is 3.67. The largest absolute Gasteiger partial charge is 0.340 e. The fraction of sp³-hybridized carbons (Fsp3) is 0.333. The Balaban J connectivity index is 1.74. The highest BCUT2D eigenvalue weighted by Crippen LogP contribution is 2.36. The SMILES string of the molecule is CN(C)CC(=O)Nc1ccccc1NC(=O)c1cccn1C1CC1. The van der Waals surface area contributed by atoms with Gasteiger partial charge in [0.25, 0.3) is 5.91 Å². The molecule has 0 atom stereocenters. The van der Waals surface area contributed by atoms with Gasteiger partial charge < -0.3 is 20.1 Å². The van der Waals surface area contributed by atoms with E-state index >= 15 is 0 Å². The number of hydrogen-bond acceptors (Lipinski definition) is 3. The third-order valence-corrected chi connectivity index (χ3v) is 3.86. The summed E-state index contributed by atoms with van der Waals surface area (Å²) in [6, 6.07) is 11.4. The molecule has 1 aromatic carbocycles. The minimum Gasteiger partial charge on any atom is -0.340 e. The van der Waals surface area contributed by atoms with Crippen LogP contribution < -0.4 is 10.6 Å². The molecule has 0 bridgehead atoms. The molecule has 1 saturated carbocycles. The normalized spacial score (nSPS) is 13.8. The zero-order valence-corrected chi connectivity index (χ0v) is 14.0. The maximum absolute atomic E-state index is 12.6. The highest BCUT2D eigenvalue weighted by Gasteiger charge is 2.26. The quantitative estimate of drug-likeness (QED) is 0.857. The van der Waals surface area contributed by atoms with Crippen LogP contribution in [-0.4, -0.2) is 41.9 Å². The van der Waals surface area contributed by atoms with E-state index in [9.17, 15) is 9.59 Å². The summed E-state index contributed by atoms with van der Waals surface area (Å²) in [6.07, 6.45) is 4.18. The lowest BCUT2D eigenvalue weighted by Gasteiger charge is -2.14. The lowest BCUT2D eigenvalue weighted by atomic mass is 10.2. The summed E-state index contributed by atoms with van der Waals surface area (Å²) in [6.45, 7) is 0.285. The zero-order valence-electron chi connectivity index (χ0n) is 14.0. The molecule has 0 radical (unpaired) electrons. The van der Waals surface area contributed by atoms with Crippen LogP contribution in [-0.2, 0) is 4.79 Å². The first-order valence-electron chi connectivity index (χ1n) is 8.06. The summed E-state index contributed by atoms with van der Waals surface area (Å²) in [5, 5.41) is 5.75. The predicted octanol–water partition coefficient (Wildman–Crippen LogP) is 2.58. The molecule has 2 N–H and O–H groups in total. The average molecular weight is 326 g/mol. The van der Waals surface area contributed by atoms with E-state index in [2.05, 4.69) is 10.6 Å². The maximum atomic E-state index is 12.6. The summed E-state index contributed by atoms with van der Waals surface area (Å²) < 4.78 is 2.02. The van der Waals surface area contributed by atoms with Crippen LogP contribution in [0.5, 0.6) is 0 Å². The third kappa shape index (κ3) is 3.83. The van der Waals surface area contributed by atoms with E-state index in [-0.39, 0.29) is 18.4 Å². The van der Waals surface area contributed by atoms with Crippen molar-refractivity contribution in [3.05, 3.63) is 48.3 Å². The van der Waals surface area contributed by atoms with Crippen LogP contribution in [0.15, 0.2) is 42.6 Å². The molecular formula is C18H22N4O2. The van der Waals surface area contributed by atoms with Crippen molar-refractivity contribution >= 4 is 23.2 Å². The van der Waals surface area contributed by atoms with Gasteiger partial charge in [-0.25, -0.2) is 0 Å². The Morgan fingerprint density at radius 3 is 2.38 bits per heavy atom. The molecule has 2 amide bonds. The lowest BCUT2D eigenvalue weighted by Crippen LogP contribution is -2.27. The standard InChI is InChI=1S/C18H22N4O2/c1-21(2)12-17(23)19-14-6-3-4-7-15(14)20-18(24)16-8-5-11-22(16)13-9-10-13/h3-8,11,13H,9-10,12H2,1-2H3,(H,19,23)(H,20,24). The van der Waals surface area contributed by atoms with Crippen LogP contribution in [0.25, 0.3) is 0 Å². The first kappa shape index (κ1) is 16.3. The van der Waals surface area contributed by atoms with E-state index < -0.39 is 0 Å². The molecule has 6 nitrogen and oxygen atoms in total. The van der Waals surface area contributed by atoms with Crippen molar-refractivity contribution in [2.24, 2.45) is 0 Å². The first-order valence-corrected chi connectivity index (χ1v) is 8.06. The van der Waals surface area contributed by atoms with Gasteiger partial charge in [-0.15, -0.1) is 0 Å². The number of nitrogens with zero attached hydrogens (tertiary/aromatic N) is 2. The molecule has 6 heteroatoms. The third-order valence-electron chi connectivity index (χ3n) is 3.86. The van der Waals surface area contributed by atoms with Crippen LogP contribution in [0.3, 0.4) is 0 Å². The minimum absolute atomic E-state index is 0.122. The number of para-hydroxylation sites is 2. The number of aromatic nitrogens is 1. The predicted molar refractivity (Wildman–Crippen MR) is 94.3 cm³/mol. The number of nitrogens with one attached hydrogen (secondary N) is 2. The van der Waals surface area contributed by atoms with Crippen LogP contribution in [0.2, 0.25) is 0 Å². The van der Waals surface area contributed by atoms with Crippen LogP contribution >= 0.6 is 0 Å². The molecular weight excluding hydrogens is 304 g/mol. The Morgan fingerprint density at radius 1 is 1.08 bits per heavy atom. The van der Waals surface area contributed by atoms with E-state index in [0.717, 1.165) is 12.8 Å². The Hall–Kier alpha value is -2.60. The number of anilines is 2. The van der Waals surface area contributed by atoms with Gasteiger partial charge in [0.1, 0.15) is 5.69 Å². The Bertz CT molecular complexity index is 747. The van der Waals surface area contributed by atoms with Gasteiger partial charge in [-0.05, 0) is 51.2 Å². The van der Waals surface area contributed by atoms with Crippen molar-refractivity contribution in [2.75, 3.05) is 31.3 Å². The van der Waals surface area contributed by atoms with Crippen LogP contribution in [0, 0.1) is 0 Å². The lowest BCUT2D eigenvalue weighted by molar-refractivity contribution is -0.116. The van der Waals surface area contributed by atoms with Crippen LogP contribution in [0.4, 0.5) is 11.4 Å². The van der Waals surface area contributed by atoms with Crippen molar-refractivity contribution in [1.82, 2.24) is 9.47 Å². The molecule has 1 aliphatic carbocycles. The number of rotatable bonds is 6. The maximum Gasteiger partial charge on any atom is 0.272 e. The molecule has 2 aromatic rings. The number of amides is 2. The number of likely N-dealkylation sites (N-methyl/N-ethyl adjacent to an activating group) is 1. The molecule has 3 rings (SSSR count). The van der Waals surface area contributed by atoms with Crippen molar-refractivity contribution in [1.29, 1.82) is 0 Å². The topological polar surface area (TPSA) is 66.4 Å². The summed E-state index contributed by atoms with van der Waals surface area (Å²) in [5.41, 5.74) is 1.84. The second kappa shape index (κ2) is 6.88. The van der Waals surface area contributed by atoms with Crippen molar-refractivity contribution in [2.45, 2.75) is 18.9 Å². The molecule has 1 fully saturated rings. The van der Waals surface area contributed by atoms with E-state index in [1.807, 2.05) is 49.1 Å². The van der Waals surface area contributed by atoms with E-state index in [4.69, 9.17) is 0 Å². The van der Waals surface area contributed by atoms with Gasteiger partial charge in [-0.2, -0.15) is 0 Å². The summed E-state index contributed by atoms with van der Waals surface area (Å²) >= 11 is 0. The Kier molecular flexibility index (Phi) is 4.66. The van der Waals surface area contributed by atoms with Crippen LogP contribution in [0.1, 0.15) is 29.4 Å². The number of benzene rings is 1. The fourth-order valence-corrected chi connectivity index (χ4v) is 2.62. The highest BCUT2D eigenvalue weighted by atomic mass is 16.2. The number of hydrogen-bond donors (Lipinski definition) is 2. The number of carbonyl (C=O) groups is 2.